The van der Waals surface area contributed by atoms with E-state index in [2.05, 4.69) is 21.2 Å². The van der Waals surface area contributed by atoms with Gasteiger partial charge in [-0.3, -0.25) is 4.79 Å². The van der Waals surface area contributed by atoms with Gasteiger partial charge in [-0.05, 0) is 23.3 Å². The number of carbonyl (C=O) groups is 1. The number of nitrogens with one attached hydrogen (secondary N) is 1. The molecule has 0 aliphatic rings. The molecule has 0 heterocycles. The van der Waals surface area contributed by atoms with Gasteiger partial charge in [0.05, 0.1) is 17.9 Å². The number of methoxy groups -OCH3 is 1. The van der Waals surface area contributed by atoms with Gasteiger partial charge >= 0.3 is 0 Å². The molecule has 4 nitrogen and oxygen atoms in total. The average Bonchev–Trinajstić information content (AvgIpc) is 2.45. The molecule has 0 radical (unpaired) electrons. The minimum atomic E-state index is -0.803. The van der Waals surface area contributed by atoms with Gasteiger partial charge in [-0.1, -0.05) is 40.2 Å². The van der Waals surface area contributed by atoms with Gasteiger partial charge in [-0.2, -0.15) is 0 Å². The van der Waals surface area contributed by atoms with E-state index in [1.165, 1.54) is 6.07 Å². The lowest BCUT2D eigenvalue weighted by molar-refractivity contribution is 0.0997. The second-order valence-electron chi connectivity index (χ2n) is 4.78. The van der Waals surface area contributed by atoms with Crippen molar-refractivity contribution in [2.45, 2.75) is 13.2 Å². The smallest absolute Gasteiger partial charge is 0.253 e. The highest BCUT2D eigenvalue weighted by Gasteiger charge is 2.15. The fourth-order valence-electron chi connectivity index (χ4n) is 2.08. The zero-order valence-electron chi connectivity index (χ0n) is 12.0. The van der Waals surface area contributed by atoms with Crippen molar-refractivity contribution in [2.75, 3.05) is 12.4 Å². The van der Waals surface area contributed by atoms with Crippen molar-refractivity contribution >= 4 is 27.5 Å². The molecule has 0 unspecified atom stereocenters. The third-order valence-corrected chi connectivity index (χ3v) is 3.58. The standard InChI is InChI=1S/C16H16BrFN2O2/c1-22-9-11-4-2-10(3-5-11)8-20-14-7-12(17)6-13(18)15(14)16(19)21/h2-7,20H,8-9H2,1H3,(H2,19,21). The fourth-order valence-corrected chi connectivity index (χ4v) is 2.51. The molecule has 0 bridgehead atoms. The molecule has 2 aromatic rings. The van der Waals surface area contributed by atoms with Gasteiger partial charge in [-0.15, -0.1) is 0 Å². The number of hydrogen-bond donors (Lipinski definition) is 2. The molecule has 1 amide bonds. The van der Waals surface area contributed by atoms with Crippen molar-refractivity contribution in [3.05, 3.63) is 63.4 Å². The summed E-state index contributed by atoms with van der Waals surface area (Å²) >= 11 is 3.20. The SMILES string of the molecule is COCc1ccc(CNc2cc(Br)cc(F)c2C(N)=O)cc1. The number of primary amides is 1. The van der Waals surface area contributed by atoms with Crippen molar-refractivity contribution in [2.24, 2.45) is 5.73 Å². The number of ether oxygens (including phenoxy) is 1. The summed E-state index contributed by atoms with van der Waals surface area (Å²) in [6, 6.07) is 10.6. The van der Waals surface area contributed by atoms with E-state index >= 15 is 0 Å². The van der Waals surface area contributed by atoms with E-state index < -0.39 is 11.7 Å². The largest absolute Gasteiger partial charge is 0.380 e. The summed E-state index contributed by atoms with van der Waals surface area (Å²) < 4.78 is 19.4. The summed E-state index contributed by atoms with van der Waals surface area (Å²) in [6.45, 7) is 1.000. The number of hydrogen-bond acceptors (Lipinski definition) is 3. The molecule has 2 rings (SSSR count). The number of amides is 1. The van der Waals surface area contributed by atoms with Gasteiger partial charge < -0.3 is 15.8 Å². The van der Waals surface area contributed by atoms with Crippen LogP contribution in [0.25, 0.3) is 0 Å². The van der Waals surface area contributed by atoms with Crippen molar-refractivity contribution in [3.8, 4) is 0 Å². The van der Waals surface area contributed by atoms with E-state index in [4.69, 9.17) is 10.5 Å². The molecule has 0 saturated heterocycles. The molecule has 0 aromatic heterocycles. The van der Waals surface area contributed by atoms with E-state index in [-0.39, 0.29) is 5.56 Å². The highest BCUT2D eigenvalue weighted by molar-refractivity contribution is 9.10. The van der Waals surface area contributed by atoms with Gasteiger partial charge in [0, 0.05) is 18.1 Å². The molecule has 0 spiro atoms. The second kappa shape index (κ2) is 7.38. The van der Waals surface area contributed by atoms with Gasteiger partial charge in [0.15, 0.2) is 0 Å². The molecule has 22 heavy (non-hydrogen) atoms. The highest BCUT2D eigenvalue weighted by Crippen LogP contribution is 2.25. The van der Waals surface area contributed by atoms with Crippen molar-refractivity contribution in [1.82, 2.24) is 0 Å². The molecular formula is C16H16BrFN2O2. The second-order valence-corrected chi connectivity index (χ2v) is 5.69. The van der Waals surface area contributed by atoms with Crippen LogP contribution in [0.4, 0.5) is 10.1 Å². The summed E-state index contributed by atoms with van der Waals surface area (Å²) in [5, 5.41) is 3.04. The molecule has 116 valence electrons. The van der Waals surface area contributed by atoms with Crippen LogP contribution in [0.15, 0.2) is 40.9 Å². The van der Waals surface area contributed by atoms with Crippen molar-refractivity contribution < 1.29 is 13.9 Å². The Balaban J connectivity index is 2.15. The van der Waals surface area contributed by atoms with Gasteiger partial charge in [0.25, 0.3) is 5.91 Å². The normalized spacial score (nSPS) is 10.5. The molecule has 0 atom stereocenters. The Morgan fingerprint density at radius 2 is 1.91 bits per heavy atom. The zero-order chi connectivity index (χ0) is 16.1. The number of rotatable bonds is 6. The predicted molar refractivity (Wildman–Crippen MR) is 87.1 cm³/mol. The van der Waals surface area contributed by atoms with Crippen LogP contribution >= 0.6 is 15.9 Å². The molecule has 2 aromatic carbocycles. The first kappa shape index (κ1) is 16.5. The lowest BCUT2D eigenvalue weighted by Gasteiger charge is -2.12. The molecule has 3 N–H and O–H groups in total. The minimum absolute atomic E-state index is 0.140. The Labute approximate surface area is 136 Å². The summed E-state index contributed by atoms with van der Waals surface area (Å²) in [7, 11) is 1.64. The Bertz CT molecular complexity index is 675. The first-order valence-electron chi connectivity index (χ1n) is 6.60. The maximum Gasteiger partial charge on any atom is 0.253 e. The zero-order valence-corrected chi connectivity index (χ0v) is 13.6. The van der Waals surface area contributed by atoms with E-state index in [9.17, 15) is 9.18 Å². The number of anilines is 1. The number of carbonyl (C=O) groups excluding carboxylic acids is 1. The van der Waals surface area contributed by atoms with E-state index in [1.807, 2.05) is 24.3 Å². The van der Waals surface area contributed by atoms with Crippen LogP contribution in [-0.4, -0.2) is 13.0 Å². The highest BCUT2D eigenvalue weighted by atomic mass is 79.9. The number of halogens is 2. The van der Waals surface area contributed by atoms with Crippen molar-refractivity contribution in [3.63, 3.8) is 0 Å². The molecule has 0 aliphatic carbocycles. The molecular weight excluding hydrogens is 351 g/mol. The topological polar surface area (TPSA) is 64.3 Å². The van der Waals surface area contributed by atoms with Gasteiger partial charge in [0.1, 0.15) is 5.82 Å². The number of nitrogens with two attached hydrogens (primary N) is 1. The van der Waals surface area contributed by atoms with Gasteiger partial charge in [-0.25, -0.2) is 4.39 Å². The molecule has 0 saturated carbocycles. The van der Waals surface area contributed by atoms with E-state index in [1.54, 1.807) is 13.2 Å². The quantitative estimate of drug-likeness (QED) is 0.822. The Kier molecular flexibility index (Phi) is 5.51. The first-order chi connectivity index (χ1) is 10.5. The first-order valence-corrected chi connectivity index (χ1v) is 7.40. The van der Waals surface area contributed by atoms with Crippen LogP contribution in [0.5, 0.6) is 0 Å². The summed E-state index contributed by atoms with van der Waals surface area (Å²) in [6.07, 6.45) is 0. The van der Waals surface area contributed by atoms with E-state index in [0.29, 0.717) is 23.3 Å². The lowest BCUT2D eigenvalue weighted by Crippen LogP contribution is -2.16. The maximum atomic E-state index is 13.8. The van der Waals surface area contributed by atoms with Crippen LogP contribution in [0.2, 0.25) is 0 Å². The summed E-state index contributed by atoms with van der Waals surface area (Å²) in [4.78, 5) is 11.4. The van der Waals surface area contributed by atoms with Crippen LogP contribution in [0.3, 0.4) is 0 Å². The monoisotopic (exact) mass is 366 g/mol. The molecule has 0 aliphatic heterocycles. The van der Waals surface area contributed by atoms with Crippen LogP contribution in [0.1, 0.15) is 21.5 Å². The van der Waals surface area contributed by atoms with Crippen molar-refractivity contribution in [1.29, 1.82) is 0 Å². The average molecular weight is 367 g/mol. The molecule has 0 fully saturated rings. The van der Waals surface area contributed by atoms with Crippen LogP contribution in [0, 0.1) is 5.82 Å². The Hall–Kier alpha value is -1.92. The minimum Gasteiger partial charge on any atom is -0.380 e. The van der Waals surface area contributed by atoms with Crippen LogP contribution < -0.4 is 11.1 Å². The Morgan fingerprint density at radius 1 is 1.27 bits per heavy atom. The number of benzene rings is 2. The summed E-state index contributed by atoms with van der Waals surface area (Å²) in [5.41, 5.74) is 7.52. The lowest BCUT2D eigenvalue weighted by atomic mass is 10.1. The third-order valence-electron chi connectivity index (χ3n) is 3.12. The summed E-state index contributed by atoms with van der Waals surface area (Å²) in [5.74, 6) is -1.46. The van der Waals surface area contributed by atoms with Gasteiger partial charge in [0.2, 0.25) is 0 Å². The van der Waals surface area contributed by atoms with E-state index in [0.717, 1.165) is 11.1 Å². The predicted octanol–water partition coefficient (Wildman–Crippen LogP) is 3.45. The third kappa shape index (κ3) is 4.05. The maximum absolute atomic E-state index is 13.8. The molecule has 6 heteroatoms. The Morgan fingerprint density at radius 3 is 2.50 bits per heavy atom. The fraction of sp³-hybridized carbons (Fsp3) is 0.188. The van der Waals surface area contributed by atoms with Crippen LogP contribution in [-0.2, 0) is 17.9 Å².